The van der Waals surface area contributed by atoms with E-state index >= 15 is 0 Å². The van der Waals surface area contributed by atoms with Crippen molar-refractivity contribution in [1.82, 2.24) is 0 Å². The van der Waals surface area contributed by atoms with E-state index in [1.165, 1.54) is 4.88 Å². The van der Waals surface area contributed by atoms with E-state index in [1.54, 1.807) is 11.3 Å². The van der Waals surface area contributed by atoms with Gasteiger partial charge in [0.2, 0.25) is 0 Å². The van der Waals surface area contributed by atoms with Gasteiger partial charge in [0.15, 0.2) is 0 Å². The summed E-state index contributed by atoms with van der Waals surface area (Å²) in [4.78, 5) is 13.3. The molecule has 0 spiro atoms. The second kappa shape index (κ2) is 5.60. The van der Waals surface area contributed by atoms with Crippen LogP contribution in [-0.4, -0.2) is 11.8 Å². The summed E-state index contributed by atoms with van der Waals surface area (Å²) in [5.41, 5.74) is 5.84. The number of aryl methyl sites for hydroxylation is 1. The number of ketones is 1. The fourth-order valence-corrected chi connectivity index (χ4v) is 3.06. The van der Waals surface area contributed by atoms with Crippen molar-refractivity contribution in [3.63, 3.8) is 0 Å². The first-order chi connectivity index (χ1) is 7.75. The minimum absolute atomic E-state index is 0.291. The van der Waals surface area contributed by atoms with Crippen LogP contribution in [0.15, 0.2) is 17.5 Å². The monoisotopic (exact) mass is 237 g/mol. The van der Waals surface area contributed by atoms with Crippen LogP contribution < -0.4 is 5.73 Å². The molecule has 1 heterocycles. The molecule has 0 amide bonds. The van der Waals surface area contributed by atoms with Crippen molar-refractivity contribution < 1.29 is 4.79 Å². The van der Waals surface area contributed by atoms with Crippen molar-refractivity contribution in [1.29, 1.82) is 0 Å². The summed E-state index contributed by atoms with van der Waals surface area (Å²) < 4.78 is 0. The molecule has 0 unspecified atom stereocenters. The number of Topliss-reactive ketones (excluding diaryl/α,β-unsaturated/α-hetero) is 1. The summed E-state index contributed by atoms with van der Waals surface area (Å²) in [5, 5.41) is 2.07. The lowest BCUT2D eigenvalue weighted by Crippen LogP contribution is -2.29. The van der Waals surface area contributed by atoms with Gasteiger partial charge in [-0.2, -0.15) is 0 Å². The second-order valence-corrected chi connectivity index (χ2v) is 5.69. The first-order valence-electron chi connectivity index (χ1n) is 6.06. The molecule has 16 heavy (non-hydrogen) atoms. The smallest absolute Gasteiger partial charge is 0.136 e. The van der Waals surface area contributed by atoms with Crippen LogP contribution in [0.25, 0.3) is 0 Å². The fourth-order valence-electron chi connectivity index (χ4n) is 2.35. The van der Waals surface area contributed by atoms with Crippen molar-refractivity contribution in [3.05, 3.63) is 22.4 Å². The summed E-state index contributed by atoms with van der Waals surface area (Å²) in [5.74, 6) is 0.736. The van der Waals surface area contributed by atoms with Crippen LogP contribution >= 0.6 is 11.3 Å². The molecule has 0 aliphatic heterocycles. The average Bonchev–Trinajstić information content (AvgIpc) is 2.80. The topological polar surface area (TPSA) is 43.1 Å². The first kappa shape index (κ1) is 11.8. The Morgan fingerprint density at radius 3 is 2.75 bits per heavy atom. The van der Waals surface area contributed by atoms with Gasteiger partial charge in [-0.15, -0.1) is 11.3 Å². The van der Waals surface area contributed by atoms with Gasteiger partial charge in [-0.25, -0.2) is 0 Å². The Bertz CT molecular complexity index is 326. The Hall–Kier alpha value is -0.670. The molecular formula is C13H19NOS. The van der Waals surface area contributed by atoms with Crippen LogP contribution in [0.1, 0.15) is 37.0 Å². The largest absolute Gasteiger partial charge is 0.328 e. The fraction of sp³-hybridized carbons (Fsp3) is 0.615. The molecule has 1 aromatic rings. The lowest BCUT2D eigenvalue weighted by atomic mass is 9.82. The molecule has 1 aromatic heterocycles. The number of carbonyl (C=O) groups excluding carboxylic acids is 1. The highest BCUT2D eigenvalue weighted by molar-refractivity contribution is 7.09. The molecule has 0 bridgehead atoms. The molecule has 3 heteroatoms. The summed E-state index contributed by atoms with van der Waals surface area (Å²) in [6.45, 7) is 0. The quantitative estimate of drug-likeness (QED) is 0.875. The molecule has 0 saturated heterocycles. The summed E-state index contributed by atoms with van der Waals surface area (Å²) in [6, 6.07) is 4.49. The van der Waals surface area contributed by atoms with Crippen molar-refractivity contribution in [3.8, 4) is 0 Å². The number of carbonyl (C=O) groups is 1. The second-order valence-electron chi connectivity index (χ2n) is 4.66. The van der Waals surface area contributed by atoms with E-state index in [2.05, 4.69) is 11.4 Å². The predicted molar refractivity (Wildman–Crippen MR) is 67.6 cm³/mol. The zero-order chi connectivity index (χ0) is 11.4. The van der Waals surface area contributed by atoms with Crippen LogP contribution in [0, 0.1) is 5.92 Å². The lowest BCUT2D eigenvalue weighted by molar-refractivity contribution is -0.123. The number of hydrogen-bond donors (Lipinski definition) is 1. The van der Waals surface area contributed by atoms with Crippen LogP contribution in [0.3, 0.4) is 0 Å². The van der Waals surface area contributed by atoms with Crippen LogP contribution in [0.2, 0.25) is 0 Å². The maximum absolute atomic E-state index is 12.0. The standard InChI is InChI=1S/C13H19NOS/c14-11-5-3-10(4-6-11)13(15)8-7-12-2-1-9-16-12/h1-2,9-11H,3-8,14H2. The van der Waals surface area contributed by atoms with Crippen LogP contribution in [-0.2, 0) is 11.2 Å². The predicted octanol–water partition coefficient (Wildman–Crippen LogP) is 2.77. The third-order valence-electron chi connectivity index (χ3n) is 3.43. The molecule has 1 fully saturated rings. The summed E-state index contributed by atoms with van der Waals surface area (Å²) >= 11 is 1.74. The van der Waals surface area contributed by atoms with E-state index in [0.717, 1.165) is 32.1 Å². The molecule has 88 valence electrons. The highest BCUT2D eigenvalue weighted by Gasteiger charge is 2.23. The molecule has 0 aromatic carbocycles. The molecule has 0 radical (unpaired) electrons. The molecule has 1 aliphatic rings. The molecule has 1 saturated carbocycles. The molecule has 2 rings (SSSR count). The van der Waals surface area contributed by atoms with Crippen LogP contribution in [0.5, 0.6) is 0 Å². The lowest BCUT2D eigenvalue weighted by Gasteiger charge is -2.24. The van der Waals surface area contributed by atoms with Gasteiger partial charge < -0.3 is 5.73 Å². The SMILES string of the molecule is NC1CCC(C(=O)CCc2cccs2)CC1. The molecule has 2 nitrogen and oxygen atoms in total. The maximum atomic E-state index is 12.0. The third kappa shape index (κ3) is 3.16. The van der Waals surface area contributed by atoms with Gasteiger partial charge in [0, 0.05) is 23.3 Å². The highest BCUT2D eigenvalue weighted by atomic mass is 32.1. The van der Waals surface area contributed by atoms with Crippen molar-refractivity contribution >= 4 is 17.1 Å². The minimum Gasteiger partial charge on any atom is -0.328 e. The van der Waals surface area contributed by atoms with E-state index in [-0.39, 0.29) is 0 Å². The zero-order valence-corrected chi connectivity index (χ0v) is 10.3. The van der Waals surface area contributed by atoms with Crippen molar-refractivity contribution in [2.75, 3.05) is 0 Å². The van der Waals surface area contributed by atoms with E-state index in [0.29, 0.717) is 24.2 Å². The number of rotatable bonds is 4. The zero-order valence-electron chi connectivity index (χ0n) is 9.52. The van der Waals surface area contributed by atoms with Gasteiger partial charge in [0.1, 0.15) is 5.78 Å². The van der Waals surface area contributed by atoms with E-state index < -0.39 is 0 Å². The van der Waals surface area contributed by atoms with Crippen molar-refractivity contribution in [2.45, 2.75) is 44.6 Å². The van der Waals surface area contributed by atoms with E-state index in [1.807, 2.05) is 6.07 Å². The summed E-state index contributed by atoms with van der Waals surface area (Å²) in [6.07, 6.45) is 5.68. The van der Waals surface area contributed by atoms with Crippen LogP contribution in [0.4, 0.5) is 0 Å². The average molecular weight is 237 g/mol. The van der Waals surface area contributed by atoms with Gasteiger partial charge in [-0.3, -0.25) is 4.79 Å². The van der Waals surface area contributed by atoms with Gasteiger partial charge in [0.05, 0.1) is 0 Å². The molecule has 2 N–H and O–H groups in total. The van der Waals surface area contributed by atoms with Gasteiger partial charge >= 0.3 is 0 Å². The van der Waals surface area contributed by atoms with Gasteiger partial charge in [0.25, 0.3) is 0 Å². The Kier molecular flexibility index (Phi) is 4.13. The molecule has 1 aliphatic carbocycles. The molecule has 0 atom stereocenters. The minimum atomic E-state index is 0.291. The van der Waals surface area contributed by atoms with Gasteiger partial charge in [-0.05, 0) is 43.6 Å². The number of hydrogen-bond acceptors (Lipinski definition) is 3. The Morgan fingerprint density at radius 1 is 1.38 bits per heavy atom. The Morgan fingerprint density at radius 2 is 2.12 bits per heavy atom. The number of thiophene rings is 1. The first-order valence-corrected chi connectivity index (χ1v) is 6.94. The Labute approximate surface area is 101 Å². The highest BCUT2D eigenvalue weighted by Crippen LogP contribution is 2.25. The van der Waals surface area contributed by atoms with Crippen molar-refractivity contribution in [2.24, 2.45) is 11.7 Å². The molecular weight excluding hydrogens is 218 g/mol. The normalized spacial score (nSPS) is 25.6. The third-order valence-corrected chi connectivity index (χ3v) is 4.36. The van der Waals surface area contributed by atoms with Gasteiger partial charge in [-0.1, -0.05) is 6.07 Å². The van der Waals surface area contributed by atoms with E-state index in [9.17, 15) is 4.79 Å². The Balaban J connectivity index is 1.75. The maximum Gasteiger partial charge on any atom is 0.136 e. The number of nitrogens with two attached hydrogens (primary N) is 1. The summed E-state index contributed by atoms with van der Waals surface area (Å²) in [7, 11) is 0. The van der Waals surface area contributed by atoms with E-state index in [4.69, 9.17) is 5.73 Å².